The van der Waals surface area contributed by atoms with Crippen molar-refractivity contribution in [1.82, 2.24) is 0 Å². The average Bonchev–Trinajstić information content (AvgIpc) is 2.87. The smallest absolute Gasteiger partial charge is 0.341 e. The molecule has 2 rings (SSSR count). The molecule has 5 nitrogen and oxygen atoms in total. The molecule has 21 heavy (non-hydrogen) atoms. The van der Waals surface area contributed by atoms with Crippen LogP contribution >= 0.6 is 0 Å². The highest BCUT2D eigenvalue weighted by molar-refractivity contribution is 5.95. The number of rotatable bonds is 5. The summed E-state index contributed by atoms with van der Waals surface area (Å²) in [6.07, 6.45) is 4.06. The number of hydrogen-bond donors (Lipinski definition) is 2. The number of anilines is 1. The maximum atomic E-state index is 12.4. The van der Waals surface area contributed by atoms with E-state index in [9.17, 15) is 9.59 Å². The first-order chi connectivity index (χ1) is 9.90. The molecular weight excluding hydrogens is 270 g/mol. The van der Waals surface area contributed by atoms with E-state index in [1.807, 2.05) is 13.8 Å². The van der Waals surface area contributed by atoms with Crippen molar-refractivity contribution < 1.29 is 19.4 Å². The summed E-state index contributed by atoms with van der Waals surface area (Å²) >= 11 is 0. The average molecular weight is 291 g/mol. The van der Waals surface area contributed by atoms with Crippen molar-refractivity contribution in [3.05, 3.63) is 23.8 Å². The van der Waals surface area contributed by atoms with Gasteiger partial charge in [-0.05, 0) is 43.5 Å². The van der Waals surface area contributed by atoms with Gasteiger partial charge < -0.3 is 15.2 Å². The second kappa shape index (κ2) is 6.16. The lowest BCUT2D eigenvalue weighted by atomic mass is 9.87. The van der Waals surface area contributed by atoms with Crippen LogP contribution in [0.5, 0.6) is 5.75 Å². The van der Waals surface area contributed by atoms with Crippen LogP contribution in [0.25, 0.3) is 0 Å². The summed E-state index contributed by atoms with van der Waals surface area (Å²) in [5.41, 5.74) is 1.33. The number of amides is 1. The molecule has 0 spiro atoms. The molecule has 1 fully saturated rings. The first kappa shape index (κ1) is 15.4. The normalized spacial score (nSPS) is 16.5. The fourth-order valence-electron chi connectivity index (χ4n) is 2.67. The van der Waals surface area contributed by atoms with Crippen LogP contribution in [-0.2, 0) is 9.59 Å². The van der Waals surface area contributed by atoms with Gasteiger partial charge in [-0.3, -0.25) is 4.79 Å². The van der Waals surface area contributed by atoms with Crippen LogP contribution in [0, 0.1) is 12.3 Å². The van der Waals surface area contributed by atoms with E-state index in [0.29, 0.717) is 5.75 Å². The largest absolute Gasteiger partial charge is 0.482 e. The van der Waals surface area contributed by atoms with Crippen molar-refractivity contribution in [1.29, 1.82) is 0 Å². The van der Waals surface area contributed by atoms with Crippen molar-refractivity contribution in [3.63, 3.8) is 0 Å². The van der Waals surface area contributed by atoms with Gasteiger partial charge in [0.05, 0.1) is 0 Å². The van der Waals surface area contributed by atoms with Crippen LogP contribution < -0.4 is 10.1 Å². The maximum Gasteiger partial charge on any atom is 0.341 e. The van der Waals surface area contributed by atoms with Crippen molar-refractivity contribution >= 4 is 17.6 Å². The van der Waals surface area contributed by atoms with E-state index in [1.165, 1.54) is 0 Å². The molecule has 2 N–H and O–H groups in total. The molecule has 1 amide bonds. The zero-order valence-corrected chi connectivity index (χ0v) is 12.4. The zero-order chi connectivity index (χ0) is 15.5. The highest BCUT2D eigenvalue weighted by Crippen LogP contribution is 2.38. The number of benzene rings is 1. The molecule has 0 radical (unpaired) electrons. The Morgan fingerprint density at radius 3 is 2.57 bits per heavy atom. The standard InChI is InChI=1S/C16H21NO4/c1-11-9-12(21-10-14(18)19)5-6-13(11)17-15(20)16(2)7-3-4-8-16/h5-6,9H,3-4,7-8,10H2,1-2H3,(H,17,20)(H,18,19). The minimum atomic E-state index is -1.01. The highest BCUT2D eigenvalue weighted by Gasteiger charge is 2.36. The molecule has 0 atom stereocenters. The quantitative estimate of drug-likeness (QED) is 0.874. The fourth-order valence-corrected chi connectivity index (χ4v) is 2.67. The van der Waals surface area contributed by atoms with Crippen molar-refractivity contribution in [2.75, 3.05) is 11.9 Å². The van der Waals surface area contributed by atoms with Crippen molar-refractivity contribution in [2.45, 2.75) is 39.5 Å². The van der Waals surface area contributed by atoms with Gasteiger partial charge in [0.2, 0.25) is 5.91 Å². The molecule has 1 aliphatic carbocycles. The first-order valence-electron chi connectivity index (χ1n) is 7.17. The Balaban J connectivity index is 2.03. The van der Waals surface area contributed by atoms with Crippen LogP contribution in [-0.4, -0.2) is 23.6 Å². The Morgan fingerprint density at radius 1 is 1.33 bits per heavy atom. The summed E-state index contributed by atoms with van der Waals surface area (Å²) in [7, 11) is 0. The maximum absolute atomic E-state index is 12.4. The van der Waals surface area contributed by atoms with E-state index in [4.69, 9.17) is 9.84 Å². The molecule has 0 heterocycles. The third kappa shape index (κ3) is 3.74. The Morgan fingerprint density at radius 2 is 2.00 bits per heavy atom. The second-order valence-electron chi connectivity index (χ2n) is 5.88. The van der Waals surface area contributed by atoms with Gasteiger partial charge in [-0.2, -0.15) is 0 Å². The van der Waals surface area contributed by atoms with Crippen LogP contribution in [0.1, 0.15) is 38.2 Å². The van der Waals surface area contributed by atoms with Gasteiger partial charge >= 0.3 is 5.97 Å². The van der Waals surface area contributed by atoms with Crippen LogP contribution in [0.15, 0.2) is 18.2 Å². The van der Waals surface area contributed by atoms with E-state index in [-0.39, 0.29) is 17.9 Å². The molecule has 1 aromatic rings. The second-order valence-corrected chi connectivity index (χ2v) is 5.88. The van der Waals surface area contributed by atoms with Gasteiger partial charge in [-0.1, -0.05) is 19.8 Å². The molecule has 0 saturated heterocycles. The van der Waals surface area contributed by atoms with Crippen LogP contribution in [0.4, 0.5) is 5.69 Å². The van der Waals surface area contributed by atoms with E-state index >= 15 is 0 Å². The number of aryl methyl sites for hydroxylation is 1. The van der Waals surface area contributed by atoms with Gasteiger partial charge in [-0.25, -0.2) is 4.79 Å². The molecule has 0 unspecified atom stereocenters. The Hall–Kier alpha value is -2.04. The first-order valence-corrected chi connectivity index (χ1v) is 7.17. The number of carbonyl (C=O) groups is 2. The lowest BCUT2D eigenvalue weighted by Crippen LogP contribution is -2.31. The minimum Gasteiger partial charge on any atom is -0.482 e. The van der Waals surface area contributed by atoms with Gasteiger partial charge in [0, 0.05) is 11.1 Å². The van der Waals surface area contributed by atoms with E-state index < -0.39 is 5.97 Å². The van der Waals surface area contributed by atoms with Gasteiger partial charge in [0.25, 0.3) is 0 Å². The Bertz CT molecular complexity index is 547. The van der Waals surface area contributed by atoms with Crippen LogP contribution in [0.3, 0.4) is 0 Å². The third-order valence-electron chi connectivity index (χ3n) is 4.06. The number of ether oxygens (including phenoxy) is 1. The SMILES string of the molecule is Cc1cc(OCC(=O)O)ccc1NC(=O)C1(C)CCCC1. The summed E-state index contributed by atoms with van der Waals surface area (Å²) in [6.45, 7) is 3.50. The number of carbonyl (C=O) groups excluding carboxylic acids is 1. The molecule has 114 valence electrons. The van der Waals surface area contributed by atoms with E-state index in [1.54, 1.807) is 18.2 Å². The summed E-state index contributed by atoms with van der Waals surface area (Å²) in [5.74, 6) is -0.471. The molecule has 0 bridgehead atoms. The lowest BCUT2D eigenvalue weighted by Gasteiger charge is -2.23. The molecule has 1 saturated carbocycles. The third-order valence-corrected chi connectivity index (χ3v) is 4.06. The van der Waals surface area contributed by atoms with Gasteiger partial charge in [0.1, 0.15) is 5.75 Å². The number of carboxylic acids is 1. The highest BCUT2D eigenvalue weighted by atomic mass is 16.5. The monoisotopic (exact) mass is 291 g/mol. The predicted molar refractivity (Wildman–Crippen MR) is 79.5 cm³/mol. The number of hydrogen-bond acceptors (Lipinski definition) is 3. The predicted octanol–water partition coefficient (Wildman–Crippen LogP) is 2.98. The molecule has 5 heteroatoms. The molecule has 1 aliphatic rings. The summed E-state index contributed by atoms with van der Waals surface area (Å²) < 4.78 is 5.12. The van der Waals surface area contributed by atoms with Crippen molar-refractivity contribution in [3.8, 4) is 5.75 Å². The molecule has 0 aromatic heterocycles. The van der Waals surface area contributed by atoms with E-state index in [0.717, 1.165) is 36.9 Å². The number of nitrogens with one attached hydrogen (secondary N) is 1. The van der Waals surface area contributed by atoms with Gasteiger partial charge in [-0.15, -0.1) is 0 Å². The Kier molecular flexibility index (Phi) is 4.50. The Labute approximate surface area is 124 Å². The summed E-state index contributed by atoms with van der Waals surface area (Å²) in [4.78, 5) is 22.8. The van der Waals surface area contributed by atoms with E-state index in [2.05, 4.69) is 5.32 Å². The molecule has 1 aromatic carbocycles. The lowest BCUT2D eigenvalue weighted by molar-refractivity contribution is -0.139. The topological polar surface area (TPSA) is 75.6 Å². The fraction of sp³-hybridized carbons (Fsp3) is 0.500. The summed E-state index contributed by atoms with van der Waals surface area (Å²) in [5, 5.41) is 11.6. The van der Waals surface area contributed by atoms with Crippen LogP contribution in [0.2, 0.25) is 0 Å². The number of aliphatic carboxylic acids is 1. The zero-order valence-electron chi connectivity index (χ0n) is 12.4. The summed E-state index contributed by atoms with van der Waals surface area (Å²) in [6, 6.07) is 5.15. The molecule has 0 aliphatic heterocycles. The van der Waals surface area contributed by atoms with Gasteiger partial charge in [0.15, 0.2) is 6.61 Å². The number of carboxylic acid groups (broad SMARTS) is 1. The van der Waals surface area contributed by atoms with Crippen molar-refractivity contribution in [2.24, 2.45) is 5.41 Å². The minimum absolute atomic E-state index is 0.0577. The molecular formula is C16H21NO4.